The molecule has 8 heteroatoms. The smallest absolute Gasteiger partial charge is 0.294 e. The lowest BCUT2D eigenvalue weighted by molar-refractivity contribution is -0.117. The van der Waals surface area contributed by atoms with E-state index in [1.54, 1.807) is 25.1 Å². The number of rotatable bonds is 3. The van der Waals surface area contributed by atoms with Gasteiger partial charge in [-0.1, -0.05) is 11.6 Å². The molecule has 0 spiro atoms. The maximum atomic E-state index is 12.0. The van der Waals surface area contributed by atoms with E-state index in [0.29, 0.717) is 41.1 Å². The molecule has 7 nitrogen and oxygen atoms in total. The summed E-state index contributed by atoms with van der Waals surface area (Å²) in [5, 5.41) is 9.94. The third kappa shape index (κ3) is 3.04. The zero-order valence-corrected chi connectivity index (χ0v) is 12.5. The minimum atomic E-state index is -0.391. The fraction of sp³-hybridized carbons (Fsp3) is 0.214. The quantitative estimate of drug-likeness (QED) is 0.905. The highest BCUT2D eigenvalue weighted by molar-refractivity contribution is 6.33. The number of amides is 1. The molecule has 0 atom stereocenters. The molecule has 0 aliphatic carbocycles. The van der Waals surface area contributed by atoms with E-state index in [1.165, 1.54) is 6.26 Å². The van der Waals surface area contributed by atoms with E-state index in [2.05, 4.69) is 20.5 Å². The van der Waals surface area contributed by atoms with Crippen molar-refractivity contribution in [1.82, 2.24) is 15.2 Å². The molecule has 22 heavy (non-hydrogen) atoms. The van der Waals surface area contributed by atoms with Crippen LogP contribution in [-0.2, 0) is 14.3 Å². The lowest BCUT2D eigenvalue weighted by Crippen LogP contribution is -2.21. The van der Waals surface area contributed by atoms with Crippen molar-refractivity contribution in [3.05, 3.63) is 41.1 Å². The fourth-order valence-electron chi connectivity index (χ4n) is 1.92. The van der Waals surface area contributed by atoms with Gasteiger partial charge in [0.2, 0.25) is 5.76 Å². The first-order valence-corrected chi connectivity index (χ1v) is 6.96. The fourth-order valence-corrected chi connectivity index (χ4v) is 2.18. The number of hydrogen-bond acceptors (Lipinski definition) is 5. The van der Waals surface area contributed by atoms with Crippen molar-refractivity contribution in [2.24, 2.45) is 0 Å². The van der Waals surface area contributed by atoms with Crippen LogP contribution in [-0.4, -0.2) is 34.3 Å². The van der Waals surface area contributed by atoms with E-state index in [0.717, 1.165) is 0 Å². The van der Waals surface area contributed by atoms with Crippen molar-refractivity contribution in [3.63, 3.8) is 0 Å². The molecule has 0 unspecified atom stereocenters. The molecule has 0 bridgehead atoms. The minimum Gasteiger partial charge on any atom is -0.494 e. The summed E-state index contributed by atoms with van der Waals surface area (Å²) in [4.78, 5) is 16.2. The van der Waals surface area contributed by atoms with Crippen LogP contribution in [0.15, 0.2) is 30.2 Å². The van der Waals surface area contributed by atoms with Crippen LogP contribution in [0.25, 0.3) is 11.4 Å². The summed E-state index contributed by atoms with van der Waals surface area (Å²) in [6, 6.07) is 5.09. The summed E-state index contributed by atoms with van der Waals surface area (Å²) >= 11 is 6.23. The van der Waals surface area contributed by atoms with Crippen molar-refractivity contribution in [2.45, 2.75) is 6.92 Å². The van der Waals surface area contributed by atoms with Crippen LogP contribution in [0.3, 0.4) is 0 Å². The number of nitrogens with zero attached hydrogens (tertiary/aromatic N) is 2. The largest absolute Gasteiger partial charge is 0.494 e. The van der Waals surface area contributed by atoms with E-state index in [1.807, 2.05) is 0 Å². The Morgan fingerprint density at radius 3 is 2.91 bits per heavy atom. The zero-order chi connectivity index (χ0) is 15.5. The molecule has 2 aromatic rings. The van der Waals surface area contributed by atoms with E-state index in [9.17, 15) is 4.79 Å². The lowest BCUT2D eigenvalue weighted by atomic mass is 10.2. The predicted octanol–water partition coefficient (Wildman–Crippen LogP) is 2.26. The molecule has 1 aliphatic rings. The van der Waals surface area contributed by atoms with Gasteiger partial charge in [0.05, 0.1) is 5.02 Å². The number of aryl methyl sites for hydroxylation is 1. The van der Waals surface area contributed by atoms with Crippen LogP contribution in [0.1, 0.15) is 5.82 Å². The molecule has 2 N–H and O–H groups in total. The average molecular weight is 321 g/mol. The second kappa shape index (κ2) is 6.07. The molecule has 0 saturated carbocycles. The summed E-state index contributed by atoms with van der Waals surface area (Å²) in [6.45, 7) is 2.59. The molecule has 1 amide bonds. The van der Waals surface area contributed by atoms with Gasteiger partial charge in [-0.3, -0.25) is 9.89 Å². The van der Waals surface area contributed by atoms with Gasteiger partial charge in [0, 0.05) is 11.3 Å². The van der Waals surface area contributed by atoms with Crippen LogP contribution < -0.4 is 5.32 Å². The third-order valence-electron chi connectivity index (χ3n) is 2.94. The van der Waals surface area contributed by atoms with Gasteiger partial charge >= 0.3 is 0 Å². The summed E-state index contributed by atoms with van der Waals surface area (Å²) in [5.74, 6) is 0.949. The lowest BCUT2D eigenvalue weighted by Gasteiger charge is -2.15. The van der Waals surface area contributed by atoms with E-state index < -0.39 is 5.91 Å². The first-order valence-electron chi connectivity index (χ1n) is 6.58. The van der Waals surface area contributed by atoms with Gasteiger partial charge < -0.3 is 14.8 Å². The van der Waals surface area contributed by atoms with Crippen molar-refractivity contribution >= 4 is 23.2 Å². The molecule has 1 aliphatic heterocycles. The third-order valence-corrected chi connectivity index (χ3v) is 3.25. The van der Waals surface area contributed by atoms with Gasteiger partial charge in [-0.05, 0) is 25.1 Å². The zero-order valence-electron chi connectivity index (χ0n) is 11.7. The Morgan fingerprint density at radius 1 is 1.41 bits per heavy atom. The summed E-state index contributed by atoms with van der Waals surface area (Å²) in [7, 11) is 0. The van der Waals surface area contributed by atoms with Crippen LogP contribution in [0.2, 0.25) is 5.02 Å². The monoisotopic (exact) mass is 320 g/mol. The summed E-state index contributed by atoms with van der Waals surface area (Å²) in [6.07, 6.45) is 1.30. The van der Waals surface area contributed by atoms with E-state index >= 15 is 0 Å². The predicted molar refractivity (Wildman–Crippen MR) is 80.2 cm³/mol. The van der Waals surface area contributed by atoms with Crippen molar-refractivity contribution in [3.8, 4) is 11.4 Å². The maximum absolute atomic E-state index is 12.0. The Morgan fingerprint density at radius 2 is 2.27 bits per heavy atom. The van der Waals surface area contributed by atoms with E-state index in [4.69, 9.17) is 21.1 Å². The first-order chi connectivity index (χ1) is 10.6. The first kappa shape index (κ1) is 14.4. The van der Waals surface area contributed by atoms with Gasteiger partial charge in [-0.2, -0.15) is 5.10 Å². The molecule has 1 aromatic heterocycles. The van der Waals surface area contributed by atoms with Crippen LogP contribution in [0.4, 0.5) is 5.69 Å². The van der Waals surface area contributed by atoms with Crippen LogP contribution in [0, 0.1) is 6.92 Å². The number of hydrogen-bond donors (Lipinski definition) is 2. The highest BCUT2D eigenvalue weighted by Gasteiger charge is 2.16. The second-order valence-electron chi connectivity index (χ2n) is 4.59. The van der Waals surface area contributed by atoms with Crippen LogP contribution in [0.5, 0.6) is 0 Å². The maximum Gasteiger partial charge on any atom is 0.294 e. The molecule has 3 rings (SSSR count). The van der Waals surface area contributed by atoms with Gasteiger partial charge in [0.1, 0.15) is 25.3 Å². The highest BCUT2D eigenvalue weighted by Crippen LogP contribution is 2.28. The number of carbonyl (C=O) groups is 1. The number of ether oxygens (including phenoxy) is 2. The summed E-state index contributed by atoms with van der Waals surface area (Å²) < 4.78 is 10.3. The molecule has 114 valence electrons. The second-order valence-corrected chi connectivity index (χ2v) is 5.00. The Kier molecular flexibility index (Phi) is 3.97. The number of nitrogens with one attached hydrogen (secondary N) is 2. The topological polar surface area (TPSA) is 89.1 Å². The Hall–Kier alpha value is -2.54. The number of H-pyrrole nitrogens is 1. The number of carbonyl (C=O) groups excluding carboxylic acids is 1. The molecule has 0 radical (unpaired) electrons. The van der Waals surface area contributed by atoms with Gasteiger partial charge in [-0.25, -0.2) is 4.98 Å². The van der Waals surface area contributed by atoms with Crippen molar-refractivity contribution in [1.29, 1.82) is 0 Å². The van der Waals surface area contributed by atoms with Crippen molar-refractivity contribution in [2.75, 3.05) is 18.5 Å². The molecule has 1 aromatic carbocycles. The molecule has 0 fully saturated rings. The highest BCUT2D eigenvalue weighted by atomic mass is 35.5. The molecule has 0 saturated heterocycles. The van der Waals surface area contributed by atoms with E-state index in [-0.39, 0.29) is 5.76 Å². The SMILES string of the molecule is Cc1nc(-c2ccc(NC(=O)C3=COCCO3)cc2Cl)n[nH]1. The average Bonchev–Trinajstić information content (AvgIpc) is 2.94. The van der Waals surface area contributed by atoms with Crippen molar-refractivity contribution < 1.29 is 14.3 Å². The number of halogens is 1. The summed E-state index contributed by atoms with van der Waals surface area (Å²) in [5.41, 5.74) is 1.22. The standard InChI is InChI=1S/C14H13ClN4O3/c1-8-16-13(19-18-8)10-3-2-9(6-11(10)15)17-14(20)12-7-21-4-5-22-12/h2-3,6-7H,4-5H2,1H3,(H,17,20)(H,16,18,19). The molecule has 2 heterocycles. The van der Waals surface area contributed by atoms with Crippen LogP contribution >= 0.6 is 11.6 Å². The number of anilines is 1. The van der Waals surface area contributed by atoms with Gasteiger partial charge in [0.15, 0.2) is 5.82 Å². The Labute approximate surface area is 131 Å². The van der Waals surface area contributed by atoms with Gasteiger partial charge in [-0.15, -0.1) is 0 Å². The Balaban J connectivity index is 1.77. The molecular weight excluding hydrogens is 308 g/mol. The molecular formula is C14H13ClN4O3. The normalized spacial score (nSPS) is 13.8. The number of benzene rings is 1. The minimum absolute atomic E-state index is 0.135. The number of aromatic nitrogens is 3. The number of aromatic amines is 1. The Bertz CT molecular complexity index is 741. The van der Waals surface area contributed by atoms with Gasteiger partial charge in [0.25, 0.3) is 5.91 Å².